The monoisotopic (exact) mass is 248 g/mol. The molecule has 0 saturated heterocycles. The number of hydrogen-bond donors (Lipinski definition) is 1. The van der Waals surface area contributed by atoms with Gasteiger partial charge in [-0.2, -0.15) is 13.2 Å². The van der Waals surface area contributed by atoms with Gasteiger partial charge in [0, 0.05) is 19.8 Å². The van der Waals surface area contributed by atoms with Crippen molar-refractivity contribution in [1.82, 2.24) is 4.98 Å². The van der Waals surface area contributed by atoms with Gasteiger partial charge >= 0.3 is 6.18 Å². The number of hydrogen-bond acceptors (Lipinski definition) is 3. The van der Waals surface area contributed by atoms with Gasteiger partial charge < -0.3 is 10.0 Å². The van der Waals surface area contributed by atoms with Crippen molar-refractivity contribution in [3.8, 4) is 0 Å². The Morgan fingerprint density at radius 3 is 2.53 bits per heavy atom. The molecule has 6 heteroatoms. The number of aliphatic hydroxyl groups is 1. The maximum Gasteiger partial charge on any atom is 0.419 e. The first kappa shape index (κ1) is 13.8. The third-order valence-electron chi connectivity index (χ3n) is 2.43. The Labute approximate surface area is 97.9 Å². The van der Waals surface area contributed by atoms with Gasteiger partial charge in [-0.25, -0.2) is 4.98 Å². The van der Waals surface area contributed by atoms with Crippen LogP contribution in [0, 0.1) is 0 Å². The maximum atomic E-state index is 12.8. The molecule has 3 nitrogen and oxygen atoms in total. The summed E-state index contributed by atoms with van der Waals surface area (Å²) in [4.78, 5) is 5.12. The van der Waals surface area contributed by atoms with Crippen molar-refractivity contribution in [3.63, 3.8) is 0 Å². The van der Waals surface area contributed by atoms with Crippen molar-refractivity contribution >= 4 is 5.82 Å². The molecule has 0 radical (unpaired) electrons. The van der Waals surface area contributed by atoms with Crippen LogP contribution in [-0.2, 0) is 12.6 Å². The fraction of sp³-hybridized carbons (Fsp3) is 0.545. The second kappa shape index (κ2) is 5.35. The molecule has 1 aromatic heterocycles. The number of aryl methyl sites for hydroxylation is 1. The Hall–Kier alpha value is -1.30. The van der Waals surface area contributed by atoms with Crippen molar-refractivity contribution in [3.05, 3.63) is 23.4 Å². The van der Waals surface area contributed by atoms with E-state index in [1.54, 1.807) is 6.92 Å². The third kappa shape index (κ3) is 3.33. The first-order chi connectivity index (χ1) is 7.90. The number of pyridine rings is 1. The van der Waals surface area contributed by atoms with Gasteiger partial charge in [-0.3, -0.25) is 0 Å². The lowest BCUT2D eigenvalue weighted by atomic mass is 10.1. The standard InChI is InChI=1S/C11H15F3N2O/c1-3-8-6-9(11(12,13)14)10(15-7-8)16(2)4-5-17/h6-7,17H,3-5H2,1-2H3. The second-order valence-corrected chi connectivity index (χ2v) is 3.71. The molecule has 0 unspecified atom stereocenters. The SMILES string of the molecule is CCc1cnc(N(C)CCO)c(C(F)(F)F)c1. The molecule has 0 atom stereocenters. The maximum absolute atomic E-state index is 12.8. The van der Waals surface area contributed by atoms with Gasteiger partial charge in [-0.05, 0) is 18.1 Å². The largest absolute Gasteiger partial charge is 0.419 e. The molecule has 0 spiro atoms. The van der Waals surface area contributed by atoms with Crippen LogP contribution in [0.15, 0.2) is 12.3 Å². The minimum absolute atomic E-state index is 0.113. The first-order valence-electron chi connectivity index (χ1n) is 5.28. The number of aromatic nitrogens is 1. The normalized spacial score (nSPS) is 11.6. The Bertz CT molecular complexity index is 379. The molecule has 1 heterocycles. The summed E-state index contributed by atoms with van der Waals surface area (Å²) in [5, 5.41) is 8.74. The average molecular weight is 248 g/mol. The molecule has 0 aliphatic carbocycles. The number of rotatable bonds is 4. The van der Waals surface area contributed by atoms with Crippen LogP contribution in [0.3, 0.4) is 0 Å². The highest BCUT2D eigenvalue weighted by atomic mass is 19.4. The van der Waals surface area contributed by atoms with Gasteiger partial charge in [0.25, 0.3) is 0 Å². The molecule has 0 aromatic carbocycles. The van der Waals surface area contributed by atoms with Gasteiger partial charge in [-0.1, -0.05) is 6.92 Å². The molecule has 1 N–H and O–H groups in total. The molecule has 96 valence electrons. The summed E-state index contributed by atoms with van der Waals surface area (Å²) in [5.41, 5.74) is -0.216. The lowest BCUT2D eigenvalue weighted by molar-refractivity contribution is -0.137. The molecule has 0 bridgehead atoms. The third-order valence-corrected chi connectivity index (χ3v) is 2.43. The summed E-state index contributed by atoms with van der Waals surface area (Å²) < 4.78 is 38.5. The van der Waals surface area contributed by atoms with Crippen molar-refractivity contribution in [2.45, 2.75) is 19.5 Å². The molecule has 0 aliphatic heterocycles. The van der Waals surface area contributed by atoms with Crippen LogP contribution in [0.5, 0.6) is 0 Å². The highest BCUT2D eigenvalue weighted by molar-refractivity contribution is 5.49. The Kier molecular flexibility index (Phi) is 4.34. The highest BCUT2D eigenvalue weighted by Crippen LogP contribution is 2.35. The van der Waals surface area contributed by atoms with Gasteiger partial charge in [0.05, 0.1) is 12.2 Å². The lowest BCUT2D eigenvalue weighted by Gasteiger charge is -2.21. The van der Waals surface area contributed by atoms with E-state index in [4.69, 9.17) is 5.11 Å². The molecule has 0 aliphatic rings. The Balaban J connectivity index is 3.20. The van der Waals surface area contributed by atoms with Crippen LogP contribution < -0.4 is 4.90 Å². The summed E-state index contributed by atoms with van der Waals surface area (Å²) in [6.07, 6.45) is -2.50. The quantitative estimate of drug-likeness (QED) is 0.886. The van der Waals surface area contributed by atoms with Gasteiger partial charge in [0.1, 0.15) is 5.82 Å². The van der Waals surface area contributed by atoms with E-state index in [-0.39, 0.29) is 19.0 Å². The van der Waals surface area contributed by atoms with Gasteiger partial charge in [-0.15, -0.1) is 0 Å². The minimum atomic E-state index is -4.43. The van der Waals surface area contributed by atoms with Crippen molar-refractivity contribution in [2.24, 2.45) is 0 Å². The molecular formula is C11H15F3N2O. The highest BCUT2D eigenvalue weighted by Gasteiger charge is 2.35. The Morgan fingerprint density at radius 1 is 1.41 bits per heavy atom. The Morgan fingerprint density at radius 2 is 2.06 bits per heavy atom. The predicted octanol–water partition coefficient (Wildman–Crippen LogP) is 2.09. The number of halogens is 3. The van der Waals surface area contributed by atoms with Crippen LogP contribution in [0.4, 0.5) is 19.0 Å². The summed E-state index contributed by atoms with van der Waals surface area (Å²) in [5.74, 6) is -0.149. The molecule has 17 heavy (non-hydrogen) atoms. The van der Waals surface area contributed by atoms with E-state index < -0.39 is 11.7 Å². The number of aliphatic hydroxyl groups excluding tert-OH is 1. The number of nitrogens with zero attached hydrogens (tertiary/aromatic N) is 2. The van der Waals surface area contributed by atoms with Gasteiger partial charge in [0.2, 0.25) is 0 Å². The summed E-state index contributed by atoms with van der Waals surface area (Å²) >= 11 is 0. The van der Waals surface area contributed by atoms with E-state index in [0.717, 1.165) is 6.07 Å². The van der Waals surface area contributed by atoms with Crippen molar-refractivity contribution in [1.29, 1.82) is 0 Å². The number of alkyl halides is 3. The fourth-order valence-corrected chi connectivity index (χ4v) is 1.46. The van der Waals surface area contributed by atoms with Crippen LogP contribution >= 0.6 is 0 Å². The average Bonchev–Trinajstić information content (AvgIpc) is 2.27. The zero-order valence-electron chi connectivity index (χ0n) is 9.75. The van der Waals surface area contributed by atoms with E-state index in [1.807, 2.05) is 0 Å². The summed E-state index contributed by atoms with van der Waals surface area (Å²) in [6.45, 7) is 1.67. The molecular weight excluding hydrogens is 233 g/mol. The molecule has 1 rings (SSSR count). The molecule has 0 amide bonds. The topological polar surface area (TPSA) is 36.4 Å². The van der Waals surface area contributed by atoms with E-state index in [0.29, 0.717) is 12.0 Å². The van der Waals surface area contributed by atoms with Crippen molar-refractivity contribution < 1.29 is 18.3 Å². The van der Waals surface area contributed by atoms with E-state index in [2.05, 4.69) is 4.98 Å². The number of anilines is 1. The van der Waals surface area contributed by atoms with Crippen LogP contribution in [-0.4, -0.2) is 30.3 Å². The lowest BCUT2D eigenvalue weighted by Crippen LogP contribution is -2.25. The molecule has 0 fully saturated rings. The first-order valence-corrected chi connectivity index (χ1v) is 5.28. The van der Waals surface area contributed by atoms with E-state index in [1.165, 1.54) is 18.1 Å². The zero-order valence-corrected chi connectivity index (χ0v) is 9.75. The van der Waals surface area contributed by atoms with Crippen LogP contribution in [0.2, 0.25) is 0 Å². The fourth-order valence-electron chi connectivity index (χ4n) is 1.46. The minimum Gasteiger partial charge on any atom is -0.395 e. The molecule has 0 saturated carbocycles. The second-order valence-electron chi connectivity index (χ2n) is 3.71. The van der Waals surface area contributed by atoms with E-state index >= 15 is 0 Å². The number of likely N-dealkylation sites (N-methyl/N-ethyl adjacent to an activating group) is 1. The zero-order chi connectivity index (χ0) is 13.1. The van der Waals surface area contributed by atoms with Crippen LogP contribution in [0.25, 0.3) is 0 Å². The predicted molar refractivity (Wildman–Crippen MR) is 59.0 cm³/mol. The van der Waals surface area contributed by atoms with Crippen molar-refractivity contribution in [2.75, 3.05) is 25.1 Å². The smallest absolute Gasteiger partial charge is 0.395 e. The molecule has 1 aromatic rings. The van der Waals surface area contributed by atoms with Crippen LogP contribution in [0.1, 0.15) is 18.1 Å². The van der Waals surface area contributed by atoms with Gasteiger partial charge in [0.15, 0.2) is 0 Å². The summed E-state index contributed by atoms with van der Waals surface area (Å²) in [6, 6.07) is 1.11. The van der Waals surface area contributed by atoms with E-state index in [9.17, 15) is 13.2 Å². The summed E-state index contributed by atoms with van der Waals surface area (Å²) in [7, 11) is 1.47.